The fourth-order valence-corrected chi connectivity index (χ4v) is 3.36. The van der Waals surface area contributed by atoms with E-state index in [1.165, 1.54) is 16.9 Å². The molecule has 0 saturated carbocycles. The Morgan fingerprint density at radius 1 is 1.04 bits per heavy atom. The topological polar surface area (TPSA) is 50.2 Å². The summed E-state index contributed by atoms with van der Waals surface area (Å²) in [5.41, 5.74) is 3.92. The van der Waals surface area contributed by atoms with Crippen molar-refractivity contribution in [3.05, 3.63) is 76.3 Å². The molecule has 3 aromatic rings. The number of carboxylic acids is 1. The number of hydrogen-bond donors (Lipinski definition) is 1. The second-order valence-electron chi connectivity index (χ2n) is 5.31. The predicted molar refractivity (Wildman–Crippen MR) is 93.1 cm³/mol. The van der Waals surface area contributed by atoms with Crippen molar-refractivity contribution in [3.63, 3.8) is 0 Å². The number of aromatic carboxylic acids is 1. The van der Waals surface area contributed by atoms with E-state index >= 15 is 0 Å². The fourth-order valence-electron chi connectivity index (χ4n) is 2.43. The normalized spacial score (nSPS) is 10.7. The Labute approximate surface area is 139 Å². The van der Waals surface area contributed by atoms with Crippen LogP contribution in [0.3, 0.4) is 0 Å². The van der Waals surface area contributed by atoms with E-state index in [0.29, 0.717) is 17.0 Å². The van der Waals surface area contributed by atoms with Gasteiger partial charge in [-0.3, -0.25) is 0 Å². The number of thiazole rings is 1. The molecule has 0 bridgehead atoms. The minimum absolute atomic E-state index is 0.323. The average Bonchev–Trinajstić information content (AvgIpc) is 3.00. The Morgan fingerprint density at radius 3 is 2.35 bits per heavy atom. The van der Waals surface area contributed by atoms with Crippen LogP contribution in [0.5, 0.6) is 0 Å². The van der Waals surface area contributed by atoms with E-state index in [9.17, 15) is 9.90 Å². The molecule has 23 heavy (non-hydrogen) atoms. The van der Waals surface area contributed by atoms with Crippen LogP contribution in [-0.2, 0) is 12.8 Å². The zero-order valence-electron chi connectivity index (χ0n) is 12.8. The molecule has 0 spiro atoms. The van der Waals surface area contributed by atoms with Crippen molar-refractivity contribution in [2.75, 3.05) is 0 Å². The Morgan fingerprint density at radius 2 is 1.74 bits per heavy atom. The first-order valence-electron chi connectivity index (χ1n) is 7.53. The molecule has 1 N–H and O–H groups in total. The first kappa shape index (κ1) is 15.4. The largest absolute Gasteiger partial charge is 0.477 e. The quantitative estimate of drug-likeness (QED) is 0.743. The van der Waals surface area contributed by atoms with Gasteiger partial charge in [0.2, 0.25) is 0 Å². The van der Waals surface area contributed by atoms with Crippen molar-refractivity contribution in [2.45, 2.75) is 19.8 Å². The first-order valence-corrected chi connectivity index (χ1v) is 8.35. The number of carbonyl (C=O) groups is 1. The number of nitrogens with zero attached hydrogens (tertiary/aromatic N) is 1. The standard InChI is InChI=1S/C19H17NO2S/c1-2-13-8-10-15(11-9-13)18-20-16(17(23-18)19(21)22)12-14-6-4-3-5-7-14/h3-11H,2,12H2,1H3,(H,21,22). The molecule has 0 fully saturated rings. The van der Waals surface area contributed by atoms with Crippen LogP contribution in [0, 0.1) is 0 Å². The van der Waals surface area contributed by atoms with E-state index in [1.807, 2.05) is 42.5 Å². The van der Waals surface area contributed by atoms with E-state index in [1.54, 1.807) is 0 Å². The van der Waals surface area contributed by atoms with Gasteiger partial charge in [0, 0.05) is 12.0 Å². The van der Waals surface area contributed by atoms with E-state index in [-0.39, 0.29) is 0 Å². The van der Waals surface area contributed by atoms with Crippen LogP contribution in [-0.4, -0.2) is 16.1 Å². The lowest BCUT2D eigenvalue weighted by atomic mass is 10.1. The molecule has 116 valence electrons. The number of hydrogen-bond acceptors (Lipinski definition) is 3. The zero-order chi connectivity index (χ0) is 16.2. The van der Waals surface area contributed by atoms with Crippen LogP contribution in [0.25, 0.3) is 10.6 Å². The Balaban J connectivity index is 1.96. The number of aromatic nitrogens is 1. The maximum atomic E-state index is 11.5. The van der Waals surface area contributed by atoms with Gasteiger partial charge < -0.3 is 5.11 Å². The Hall–Kier alpha value is -2.46. The van der Waals surface area contributed by atoms with Crippen LogP contribution < -0.4 is 0 Å². The summed E-state index contributed by atoms with van der Waals surface area (Å²) in [4.78, 5) is 16.4. The van der Waals surface area contributed by atoms with Crippen molar-refractivity contribution >= 4 is 17.3 Å². The Bertz CT molecular complexity index is 807. The van der Waals surface area contributed by atoms with Crippen LogP contribution in [0.4, 0.5) is 0 Å². The van der Waals surface area contributed by atoms with E-state index in [0.717, 1.165) is 22.6 Å². The lowest BCUT2D eigenvalue weighted by Crippen LogP contribution is -1.99. The second kappa shape index (κ2) is 6.75. The third-order valence-corrected chi connectivity index (χ3v) is 4.85. The Kier molecular flexibility index (Phi) is 4.53. The fraction of sp³-hybridized carbons (Fsp3) is 0.158. The summed E-state index contributed by atoms with van der Waals surface area (Å²) < 4.78 is 0. The van der Waals surface area contributed by atoms with Crippen molar-refractivity contribution in [1.29, 1.82) is 0 Å². The molecule has 0 unspecified atom stereocenters. The second-order valence-corrected chi connectivity index (χ2v) is 6.31. The van der Waals surface area contributed by atoms with Gasteiger partial charge in [-0.15, -0.1) is 11.3 Å². The molecule has 3 rings (SSSR count). The molecule has 0 amide bonds. The van der Waals surface area contributed by atoms with Crippen molar-refractivity contribution in [2.24, 2.45) is 0 Å². The molecule has 0 aliphatic rings. The van der Waals surface area contributed by atoms with Gasteiger partial charge in [0.25, 0.3) is 0 Å². The van der Waals surface area contributed by atoms with Gasteiger partial charge in [-0.25, -0.2) is 9.78 Å². The zero-order valence-corrected chi connectivity index (χ0v) is 13.6. The molecule has 4 heteroatoms. The van der Waals surface area contributed by atoms with Gasteiger partial charge in [0.05, 0.1) is 5.69 Å². The minimum atomic E-state index is -0.912. The molecule has 3 nitrogen and oxygen atoms in total. The summed E-state index contributed by atoms with van der Waals surface area (Å²) in [7, 11) is 0. The third-order valence-electron chi connectivity index (χ3n) is 3.72. The molecule has 0 atom stereocenters. The SMILES string of the molecule is CCc1ccc(-c2nc(Cc3ccccc3)c(C(=O)O)s2)cc1. The van der Waals surface area contributed by atoms with Gasteiger partial charge in [0.1, 0.15) is 9.88 Å². The molecule has 0 saturated heterocycles. The maximum absolute atomic E-state index is 11.5. The predicted octanol–water partition coefficient (Wildman–Crippen LogP) is 4.66. The summed E-state index contributed by atoms with van der Waals surface area (Å²) in [6.45, 7) is 2.11. The average molecular weight is 323 g/mol. The van der Waals surface area contributed by atoms with Crippen LogP contribution in [0.15, 0.2) is 54.6 Å². The lowest BCUT2D eigenvalue weighted by molar-refractivity contribution is 0.0701. The number of rotatable bonds is 5. The van der Waals surface area contributed by atoms with Gasteiger partial charge >= 0.3 is 5.97 Å². The molecule has 2 aromatic carbocycles. The number of aryl methyl sites for hydroxylation is 1. The monoisotopic (exact) mass is 323 g/mol. The summed E-state index contributed by atoms with van der Waals surface area (Å²) in [5, 5.41) is 10.2. The minimum Gasteiger partial charge on any atom is -0.477 e. The van der Waals surface area contributed by atoms with Crippen molar-refractivity contribution < 1.29 is 9.90 Å². The van der Waals surface area contributed by atoms with Crippen molar-refractivity contribution in [1.82, 2.24) is 4.98 Å². The lowest BCUT2D eigenvalue weighted by Gasteiger charge is -2.00. The van der Waals surface area contributed by atoms with Crippen LogP contribution >= 0.6 is 11.3 Å². The summed E-state index contributed by atoms with van der Waals surface area (Å²) >= 11 is 1.24. The van der Waals surface area contributed by atoms with E-state index in [4.69, 9.17) is 0 Å². The molecule has 0 aliphatic heterocycles. The summed E-state index contributed by atoms with van der Waals surface area (Å²) in [5.74, 6) is -0.912. The highest BCUT2D eigenvalue weighted by atomic mass is 32.1. The van der Waals surface area contributed by atoms with Gasteiger partial charge in [-0.05, 0) is 17.5 Å². The van der Waals surface area contributed by atoms with Crippen LogP contribution in [0.1, 0.15) is 33.4 Å². The highest BCUT2D eigenvalue weighted by Gasteiger charge is 2.18. The molecule has 0 aliphatic carbocycles. The highest BCUT2D eigenvalue weighted by molar-refractivity contribution is 7.17. The van der Waals surface area contributed by atoms with Crippen LogP contribution in [0.2, 0.25) is 0 Å². The molecule has 1 heterocycles. The van der Waals surface area contributed by atoms with Gasteiger partial charge in [0.15, 0.2) is 0 Å². The van der Waals surface area contributed by atoms with Gasteiger partial charge in [-0.2, -0.15) is 0 Å². The maximum Gasteiger partial charge on any atom is 0.347 e. The number of carboxylic acid groups (broad SMARTS) is 1. The molecular weight excluding hydrogens is 306 g/mol. The van der Waals surface area contributed by atoms with E-state index in [2.05, 4.69) is 24.0 Å². The van der Waals surface area contributed by atoms with E-state index < -0.39 is 5.97 Å². The first-order chi connectivity index (χ1) is 11.2. The molecular formula is C19H17NO2S. The smallest absolute Gasteiger partial charge is 0.347 e. The molecule has 0 radical (unpaired) electrons. The third kappa shape index (κ3) is 3.48. The van der Waals surface area contributed by atoms with Crippen molar-refractivity contribution in [3.8, 4) is 10.6 Å². The summed E-state index contributed by atoms with van der Waals surface area (Å²) in [6.07, 6.45) is 1.52. The van der Waals surface area contributed by atoms with Gasteiger partial charge in [-0.1, -0.05) is 61.5 Å². The summed E-state index contributed by atoms with van der Waals surface area (Å²) in [6, 6.07) is 18.0. The molecule has 1 aromatic heterocycles. The highest BCUT2D eigenvalue weighted by Crippen LogP contribution is 2.29. The number of benzene rings is 2.